The van der Waals surface area contributed by atoms with E-state index in [1.54, 1.807) is 0 Å². The molecule has 2 N–H and O–H groups in total. The molecule has 26 heavy (non-hydrogen) atoms. The van der Waals surface area contributed by atoms with Crippen LogP contribution in [0.4, 0.5) is 5.69 Å². The second-order valence-electron chi connectivity index (χ2n) is 7.06. The first kappa shape index (κ1) is 19.3. The van der Waals surface area contributed by atoms with Crippen LogP contribution in [0, 0.1) is 0 Å². The number of carbonyl (C=O) groups is 1. The molecule has 2 aliphatic heterocycles. The Morgan fingerprint density at radius 3 is 2.38 bits per heavy atom. The molecule has 3 rings (SSSR count). The molecule has 0 aromatic heterocycles. The monoisotopic (exact) mass is 381 g/mol. The highest BCUT2D eigenvalue weighted by molar-refractivity contribution is 7.92. The molecule has 8 heteroatoms. The number of carbonyl (C=O) groups excluding carboxylic acids is 1. The molecular formula is C18H27N3O4S. The smallest absolute Gasteiger partial charge is 0.245 e. The van der Waals surface area contributed by atoms with E-state index in [1.807, 2.05) is 24.3 Å². The van der Waals surface area contributed by atoms with E-state index in [4.69, 9.17) is 4.74 Å². The summed E-state index contributed by atoms with van der Waals surface area (Å²) >= 11 is 0. The van der Waals surface area contributed by atoms with Crippen molar-refractivity contribution in [1.29, 1.82) is 0 Å². The maximum absolute atomic E-state index is 12.8. The Labute approximate surface area is 155 Å². The van der Waals surface area contributed by atoms with Crippen molar-refractivity contribution in [3.05, 3.63) is 29.8 Å². The van der Waals surface area contributed by atoms with Crippen LogP contribution in [0.3, 0.4) is 0 Å². The molecule has 0 saturated carbocycles. The molecule has 2 aliphatic rings. The molecule has 1 aromatic rings. The third kappa shape index (κ3) is 4.25. The first-order valence-corrected chi connectivity index (χ1v) is 10.9. The van der Waals surface area contributed by atoms with E-state index in [-0.39, 0.29) is 0 Å². The normalized spacial score (nSPS) is 21.3. The van der Waals surface area contributed by atoms with Gasteiger partial charge in [-0.3, -0.25) is 9.69 Å². The molecule has 0 spiro atoms. The number of sulfone groups is 1. The van der Waals surface area contributed by atoms with Gasteiger partial charge in [0.25, 0.3) is 0 Å². The van der Waals surface area contributed by atoms with Gasteiger partial charge in [0.1, 0.15) is 0 Å². The Morgan fingerprint density at radius 2 is 1.81 bits per heavy atom. The summed E-state index contributed by atoms with van der Waals surface area (Å²) in [5.74, 6) is -0.428. The Kier molecular flexibility index (Phi) is 5.96. The maximum Gasteiger partial charge on any atom is 0.245 e. The molecule has 2 saturated heterocycles. The van der Waals surface area contributed by atoms with E-state index in [0.29, 0.717) is 31.6 Å². The standard InChI is InChI=1S/C18H27N3O4S/c1-26(23,24)18(6-8-19-9-7-18)17(22)20-16-4-2-15(3-5-16)14-21-10-12-25-13-11-21/h2-5,19H,6-14H2,1H3,(H,20,22). The van der Waals surface area contributed by atoms with E-state index in [2.05, 4.69) is 15.5 Å². The number of anilines is 1. The fourth-order valence-corrected chi connectivity index (χ4v) is 4.89. The van der Waals surface area contributed by atoms with Crippen LogP contribution in [-0.4, -0.2) is 69.6 Å². The van der Waals surface area contributed by atoms with Gasteiger partial charge in [-0.25, -0.2) is 8.42 Å². The maximum atomic E-state index is 12.8. The molecule has 0 radical (unpaired) electrons. The van der Waals surface area contributed by atoms with Crippen molar-refractivity contribution in [2.45, 2.75) is 24.1 Å². The predicted octanol–water partition coefficient (Wildman–Crippen LogP) is 0.624. The summed E-state index contributed by atoms with van der Waals surface area (Å²) < 4.78 is 28.6. The Morgan fingerprint density at radius 1 is 1.19 bits per heavy atom. The van der Waals surface area contributed by atoms with Crippen molar-refractivity contribution in [2.24, 2.45) is 0 Å². The van der Waals surface area contributed by atoms with Crippen LogP contribution in [0.2, 0.25) is 0 Å². The van der Waals surface area contributed by atoms with Crippen molar-refractivity contribution in [2.75, 3.05) is 51.0 Å². The van der Waals surface area contributed by atoms with Gasteiger partial charge in [-0.2, -0.15) is 0 Å². The highest BCUT2D eigenvalue weighted by Gasteiger charge is 2.48. The number of amides is 1. The second kappa shape index (κ2) is 8.04. The summed E-state index contributed by atoms with van der Waals surface area (Å²) in [6.07, 6.45) is 1.75. The van der Waals surface area contributed by atoms with E-state index in [1.165, 1.54) is 0 Å². The summed E-state index contributed by atoms with van der Waals surface area (Å²) in [7, 11) is -3.50. The van der Waals surface area contributed by atoms with Gasteiger partial charge in [0.05, 0.1) is 13.2 Å². The second-order valence-corrected chi connectivity index (χ2v) is 9.38. The topological polar surface area (TPSA) is 87.7 Å². The minimum absolute atomic E-state index is 0.298. The van der Waals surface area contributed by atoms with E-state index >= 15 is 0 Å². The summed E-state index contributed by atoms with van der Waals surface area (Å²) in [5, 5.41) is 5.93. The van der Waals surface area contributed by atoms with Gasteiger partial charge in [-0.05, 0) is 43.6 Å². The number of piperidine rings is 1. The van der Waals surface area contributed by atoms with E-state index in [9.17, 15) is 13.2 Å². The van der Waals surface area contributed by atoms with E-state index < -0.39 is 20.5 Å². The SMILES string of the molecule is CS(=O)(=O)C1(C(=O)Nc2ccc(CN3CCOCC3)cc2)CCNCC1. The molecule has 0 bridgehead atoms. The van der Waals surface area contributed by atoms with Crippen molar-refractivity contribution in [3.63, 3.8) is 0 Å². The number of nitrogens with one attached hydrogen (secondary N) is 2. The van der Waals surface area contributed by atoms with Crippen LogP contribution < -0.4 is 10.6 Å². The Hall–Kier alpha value is -1.48. The largest absolute Gasteiger partial charge is 0.379 e. The zero-order valence-corrected chi connectivity index (χ0v) is 16.0. The number of rotatable bonds is 5. The van der Waals surface area contributed by atoms with Gasteiger partial charge in [0, 0.05) is 31.6 Å². The number of nitrogens with zero attached hydrogens (tertiary/aromatic N) is 1. The zero-order valence-electron chi connectivity index (χ0n) is 15.2. The van der Waals surface area contributed by atoms with Crippen molar-refractivity contribution >= 4 is 21.4 Å². The quantitative estimate of drug-likeness (QED) is 0.778. The average molecular weight is 381 g/mol. The first-order chi connectivity index (χ1) is 12.4. The van der Waals surface area contributed by atoms with E-state index in [0.717, 1.165) is 44.7 Å². The summed E-state index contributed by atoms with van der Waals surface area (Å²) in [5.41, 5.74) is 1.78. The summed E-state index contributed by atoms with van der Waals surface area (Å²) in [6.45, 7) is 5.26. The molecule has 0 aliphatic carbocycles. The number of hydrogen-bond acceptors (Lipinski definition) is 6. The Balaban J connectivity index is 1.66. The number of hydrogen-bond donors (Lipinski definition) is 2. The van der Waals surface area contributed by atoms with Gasteiger partial charge < -0.3 is 15.4 Å². The summed E-state index contributed by atoms with van der Waals surface area (Å²) in [4.78, 5) is 15.1. The molecule has 144 valence electrons. The van der Waals surface area contributed by atoms with Crippen LogP contribution in [0.25, 0.3) is 0 Å². The molecule has 7 nitrogen and oxygen atoms in total. The molecular weight excluding hydrogens is 354 g/mol. The predicted molar refractivity (Wildman–Crippen MR) is 101 cm³/mol. The van der Waals surface area contributed by atoms with Crippen LogP contribution in [0.1, 0.15) is 18.4 Å². The number of morpholine rings is 1. The number of benzene rings is 1. The fourth-order valence-electron chi connectivity index (χ4n) is 3.55. The van der Waals surface area contributed by atoms with Gasteiger partial charge in [-0.1, -0.05) is 12.1 Å². The van der Waals surface area contributed by atoms with Crippen molar-refractivity contribution in [1.82, 2.24) is 10.2 Å². The van der Waals surface area contributed by atoms with Crippen molar-refractivity contribution < 1.29 is 17.9 Å². The molecule has 1 aromatic carbocycles. The van der Waals surface area contributed by atoms with Gasteiger partial charge in [-0.15, -0.1) is 0 Å². The van der Waals surface area contributed by atoms with Gasteiger partial charge in [0.15, 0.2) is 14.6 Å². The molecule has 0 atom stereocenters. The highest BCUT2D eigenvalue weighted by atomic mass is 32.2. The fraction of sp³-hybridized carbons (Fsp3) is 0.611. The highest BCUT2D eigenvalue weighted by Crippen LogP contribution is 2.29. The lowest BCUT2D eigenvalue weighted by atomic mass is 9.95. The molecule has 2 heterocycles. The average Bonchev–Trinajstić information content (AvgIpc) is 2.64. The molecule has 1 amide bonds. The minimum atomic E-state index is -3.50. The lowest BCUT2D eigenvalue weighted by molar-refractivity contribution is -0.119. The Bertz CT molecular complexity index is 721. The number of ether oxygens (including phenoxy) is 1. The van der Waals surface area contributed by atoms with Crippen LogP contribution in [-0.2, 0) is 25.9 Å². The minimum Gasteiger partial charge on any atom is -0.379 e. The lowest BCUT2D eigenvalue weighted by Gasteiger charge is -2.34. The van der Waals surface area contributed by atoms with Gasteiger partial charge >= 0.3 is 0 Å². The first-order valence-electron chi connectivity index (χ1n) is 9.01. The molecule has 0 unspecified atom stereocenters. The third-order valence-corrected chi connectivity index (χ3v) is 7.27. The zero-order chi connectivity index (χ0) is 18.6. The van der Waals surface area contributed by atoms with Crippen LogP contribution >= 0.6 is 0 Å². The van der Waals surface area contributed by atoms with Crippen LogP contribution in [0.15, 0.2) is 24.3 Å². The van der Waals surface area contributed by atoms with Gasteiger partial charge in [0.2, 0.25) is 5.91 Å². The lowest BCUT2D eigenvalue weighted by Crippen LogP contribution is -2.55. The van der Waals surface area contributed by atoms with Crippen molar-refractivity contribution in [3.8, 4) is 0 Å². The third-order valence-electron chi connectivity index (χ3n) is 5.26. The summed E-state index contributed by atoms with van der Waals surface area (Å²) in [6, 6.07) is 7.62. The molecule has 2 fully saturated rings. The van der Waals surface area contributed by atoms with Crippen LogP contribution in [0.5, 0.6) is 0 Å².